The first-order chi connectivity index (χ1) is 27.7. The van der Waals surface area contributed by atoms with Crippen molar-refractivity contribution >= 4 is 71.3 Å². The summed E-state index contributed by atoms with van der Waals surface area (Å²) in [4.78, 5) is 2.39. The third kappa shape index (κ3) is 5.42. The molecule has 0 amide bonds. The Kier molecular flexibility index (Phi) is 7.53. The molecule has 1 aromatic heterocycles. The zero-order valence-corrected chi connectivity index (χ0v) is 30.6. The van der Waals surface area contributed by atoms with Crippen LogP contribution >= 0.6 is 0 Å². The highest BCUT2D eigenvalue weighted by atomic mass is 16.3. The number of anilines is 3. The summed E-state index contributed by atoms with van der Waals surface area (Å²) >= 11 is 0. The number of benzene rings is 10. The second kappa shape index (κ2) is 13.2. The molecular weight excluding hydrogens is 679 g/mol. The minimum Gasteiger partial charge on any atom is -0.456 e. The number of hydrogen-bond acceptors (Lipinski definition) is 2. The van der Waals surface area contributed by atoms with E-state index in [0.717, 1.165) is 44.6 Å². The largest absolute Gasteiger partial charge is 0.456 e. The Bertz CT molecular complexity index is 3260. The highest BCUT2D eigenvalue weighted by Crippen LogP contribution is 2.45. The van der Waals surface area contributed by atoms with Crippen molar-refractivity contribution in [3.8, 4) is 33.4 Å². The molecule has 2 heteroatoms. The molecule has 0 bridgehead atoms. The summed E-state index contributed by atoms with van der Waals surface area (Å²) in [7, 11) is 0. The van der Waals surface area contributed by atoms with Crippen LogP contribution in [-0.2, 0) is 0 Å². The molecule has 0 saturated heterocycles. The number of fused-ring (bicyclic) bond motifs is 7. The van der Waals surface area contributed by atoms with E-state index in [4.69, 9.17) is 4.42 Å². The summed E-state index contributed by atoms with van der Waals surface area (Å²) in [5.74, 6) is 0. The molecule has 0 fully saturated rings. The van der Waals surface area contributed by atoms with Crippen LogP contribution < -0.4 is 4.90 Å². The van der Waals surface area contributed by atoms with Gasteiger partial charge in [-0.05, 0) is 114 Å². The highest BCUT2D eigenvalue weighted by molar-refractivity contribution is 6.13. The Morgan fingerprint density at radius 3 is 1.61 bits per heavy atom. The van der Waals surface area contributed by atoms with Crippen molar-refractivity contribution in [3.05, 3.63) is 212 Å². The lowest BCUT2D eigenvalue weighted by atomic mass is 9.95. The third-order valence-corrected chi connectivity index (χ3v) is 11.2. The van der Waals surface area contributed by atoms with Gasteiger partial charge in [-0.25, -0.2) is 0 Å². The van der Waals surface area contributed by atoms with E-state index in [9.17, 15) is 0 Å². The summed E-state index contributed by atoms with van der Waals surface area (Å²) in [6.45, 7) is 0. The smallest absolute Gasteiger partial charge is 0.137 e. The van der Waals surface area contributed by atoms with Crippen LogP contribution in [0.2, 0.25) is 0 Å². The van der Waals surface area contributed by atoms with Gasteiger partial charge in [0.25, 0.3) is 0 Å². The molecule has 0 spiro atoms. The van der Waals surface area contributed by atoms with Gasteiger partial charge in [0, 0.05) is 16.8 Å². The molecule has 2 nitrogen and oxygen atoms in total. The van der Waals surface area contributed by atoms with E-state index in [1.807, 2.05) is 6.07 Å². The predicted molar refractivity (Wildman–Crippen MR) is 237 cm³/mol. The predicted octanol–water partition coefficient (Wildman–Crippen LogP) is 15.5. The molecule has 262 valence electrons. The first kappa shape index (κ1) is 32.0. The Labute approximate surface area is 325 Å². The normalized spacial score (nSPS) is 11.6. The van der Waals surface area contributed by atoms with Gasteiger partial charge in [-0.2, -0.15) is 0 Å². The van der Waals surface area contributed by atoms with E-state index in [1.54, 1.807) is 0 Å². The van der Waals surface area contributed by atoms with Gasteiger partial charge in [0.05, 0.1) is 11.1 Å². The molecule has 0 aliphatic heterocycles. The molecule has 0 atom stereocenters. The van der Waals surface area contributed by atoms with Crippen LogP contribution in [0.25, 0.3) is 87.6 Å². The molecule has 0 unspecified atom stereocenters. The van der Waals surface area contributed by atoms with Gasteiger partial charge in [0.1, 0.15) is 11.2 Å². The van der Waals surface area contributed by atoms with Crippen molar-refractivity contribution in [3.63, 3.8) is 0 Å². The lowest BCUT2D eigenvalue weighted by Gasteiger charge is -2.27. The van der Waals surface area contributed by atoms with E-state index in [1.165, 1.54) is 60.1 Å². The summed E-state index contributed by atoms with van der Waals surface area (Å²) in [6.07, 6.45) is 0. The average molecular weight is 714 g/mol. The van der Waals surface area contributed by atoms with Crippen molar-refractivity contribution in [2.75, 3.05) is 4.90 Å². The maximum Gasteiger partial charge on any atom is 0.137 e. The fourth-order valence-corrected chi connectivity index (χ4v) is 8.52. The summed E-state index contributed by atoms with van der Waals surface area (Å²) in [6, 6.07) is 76.5. The van der Waals surface area contributed by atoms with Crippen molar-refractivity contribution in [1.82, 2.24) is 0 Å². The van der Waals surface area contributed by atoms with Crippen LogP contribution in [-0.4, -0.2) is 0 Å². The Morgan fingerprint density at radius 1 is 0.304 bits per heavy atom. The van der Waals surface area contributed by atoms with Gasteiger partial charge >= 0.3 is 0 Å². The third-order valence-electron chi connectivity index (χ3n) is 11.2. The van der Waals surface area contributed by atoms with Crippen LogP contribution in [0.15, 0.2) is 217 Å². The highest BCUT2D eigenvalue weighted by Gasteiger charge is 2.20. The molecule has 11 aromatic rings. The van der Waals surface area contributed by atoms with Crippen LogP contribution in [0, 0.1) is 0 Å². The molecule has 10 aromatic carbocycles. The van der Waals surface area contributed by atoms with E-state index >= 15 is 0 Å². The fourth-order valence-electron chi connectivity index (χ4n) is 8.52. The Balaban J connectivity index is 1.04. The van der Waals surface area contributed by atoms with Gasteiger partial charge in [-0.1, -0.05) is 164 Å². The Morgan fingerprint density at radius 2 is 0.821 bits per heavy atom. The number of hydrogen-bond donors (Lipinski definition) is 0. The maximum atomic E-state index is 6.42. The van der Waals surface area contributed by atoms with E-state index in [0.29, 0.717) is 0 Å². The molecule has 0 saturated carbocycles. The Hall–Kier alpha value is -7.42. The average Bonchev–Trinajstić information content (AvgIpc) is 3.66. The van der Waals surface area contributed by atoms with Crippen molar-refractivity contribution in [2.45, 2.75) is 0 Å². The minimum atomic E-state index is 0.868. The molecule has 1 heterocycles. The first-order valence-corrected chi connectivity index (χ1v) is 19.2. The van der Waals surface area contributed by atoms with E-state index in [-0.39, 0.29) is 0 Å². The van der Waals surface area contributed by atoms with E-state index in [2.05, 4.69) is 211 Å². The van der Waals surface area contributed by atoms with Gasteiger partial charge in [0.15, 0.2) is 0 Å². The monoisotopic (exact) mass is 713 g/mol. The van der Waals surface area contributed by atoms with Gasteiger partial charge in [0.2, 0.25) is 0 Å². The van der Waals surface area contributed by atoms with Gasteiger partial charge in [-0.3, -0.25) is 0 Å². The summed E-state index contributed by atoms with van der Waals surface area (Å²) in [5.41, 5.74) is 12.1. The fraction of sp³-hybridized carbons (Fsp3) is 0. The van der Waals surface area contributed by atoms with Crippen molar-refractivity contribution in [1.29, 1.82) is 0 Å². The SMILES string of the molecule is c1cc(-c2ccc(-c3ccc4ccc5ccccc5c4c3)cc2)cc(N(c2cccc(-c3cccc4ccccc34)c2)c2cccc3oc4ccccc4c23)c1. The molecule has 0 aliphatic rings. The molecule has 0 N–H and O–H groups in total. The van der Waals surface area contributed by atoms with Gasteiger partial charge in [-0.15, -0.1) is 0 Å². The summed E-state index contributed by atoms with van der Waals surface area (Å²) in [5, 5.41) is 9.75. The zero-order chi connectivity index (χ0) is 37.0. The molecule has 56 heavy (non-hydrogen) atoms. The van der Waals surface area contributed by atoms with Crippen LogP contribution in [0.3, 0.4) is 0 Å². The minimum absolute atomic E-state index is 0.868. The number of furan rings is 1. The lowest BCUT2D eigenvalue weighted by molar-refractivity contribution is 0.669. The lowest BCUT2D eigenvalue weighted by Crippen LogP contribution is -2.10. The first-order valence-electron chi connectivity index (χ1n) is 19.2. The number of rotatable bonds is 6. The van der Waals surface area contributed by atoms with Crippen LogP contribution in [0.5, 0.6) is 0 Å². The van der Waals surface area contributed by atoms with Crippen molar-refractivity contribution < 1.29 is 4.42 Å². The number of nitrogens with zero attached hydrogens (tertiary/aromatic N) is 1. The van der Waals surface area contributed by atoms with Gasteiger partial charge < -0.3 is 9.32 Å². The number of para-hydroxylation sites is 1. The van der Waals surface area contributed by atoms with Crippen molar-refractivity contribution in [2.24, 2.45) is 0 Å². The van der Waals surface area contributed by atoms with Crippen LogP contribution in [0.4, 0.5) is 17.1 Å². The standard InChI is InChI=1S/C54H35NO/c1-3-18-46-38(11-1)13-9-21-48(46)43-15-8-17-45(34-43)55(51-22-10-24-53-54(51)49-20-5-6-23-52(49)56-53)44-16-7-14-41(33-44)36-25-27-37(28-26-36)42-32-31-40-30-29-39-12-2-4-19-47(39)50(40)35-42/h1-35H. The molecule has 11 rings (SSSR count). The second-order valence-corrected chi connectivity index (χ2v) is 14.5. The molecule has 0 radical (unpaired) electrons. The summed E-state index contributed by atoms with van der Waals surface area (Å²) < 4.78 is 6.42. The molecular formula is C54H35NO. The quantitative estimate of drug-likeness (QED) is 0.160. The van der Waals surface area contributed by atoms with Crippen LogP contribution in [0.1, 0.15) is 0 Å². The topological polar surface area (TPSA) is 16.4 Å². The second-order valence-electron chi connectivity index (χ2n) is 14.5. The maximum absolute atomic E-state index is 6.42. The van der Waals surface area contributed by atoms with E-state index < -0.39 is 0 Å². The molecule has 0 aliphatic carbocycles. The zero-order valence-electron chi connectivity index (χ0n) is 30.6.